The van der Waals surface area contributed by atoms with Crippen LogP contribution in [0.5, 0.6) is 0 Å². The van der Waals surface area contributed by atoms with Gasteiger partial charge >= 0.3 is 0 Å². The lowest BCUT2D eigenvalue weighted by molar-refractivity contribution is 0.578. The minimum atomic E-state index is -3.65. The van der Waals surface area contributed by atoms with Gasteiger partial charge in [-0.05, 0) is 24.8 Å². The molecule has 1 aromatic rings. The summed E-state index contributed by atoms with van der Waals surface area (Å²) in [4.78, 5) is 3.67. The third-order valence-corrected chi connectivity index (χ3v) is 4.94. The molecule has 0 radical (unpaired) electrons. The Morgan fingerprint density at radius 3 is 2.94 bits per heavy atom. The van der Waals surface area contributed by atoms with Crippen LogP contribution in [0.25, 0.3) is 0 Å². The second kappa shape index (κ2) is 6.73. The first-order valence-electron chi connectivity index (χ1n) is 5.39. The number of nitrogens with one attached hydrogen (secondary N) is 1. The maximum atomic E-state index is 12.0. The summed E-state index contributed by atoms with van der Waals surface area (Å²) in [6, 6.07) is 4.66. The molecule has 18 heavy (non-hydrogen) atoms. The molecule has 0 aliphatic rings. The average Bonchev–Trinajstić information content (AvgIpc) is 2.38. The molecule has 0 saturated heterocycles. The molecule has 1 atom stereocenters. The fourth-order valence-corrected chi connectivity index (χ4v) is 2.79. The highest BCUT2D eigenvalue weighted by Gasteiger charge is 2.18. The highest BCUT2D eigenvalue weighted by Crippen LogP contribution is 2.13. The van der Waals surface area contributed by atoms with Gasteiger partial charge in [-0.2, -0.15) is 17.0 Å². The molecule has 7 heteroatoms. The van der Waals surface area contributed by atoms with Crippen LogP contribution in [-0.4, -0.2) is 31.5 Å². The topological polar surface area (TPSA) is 82.8 Å². The molecule has 0 aliphatic carbocycles. The second-order valence-electron chi connectivity index (χ2n) is 3.69. The molecule has 1 N–H and O–H groups in total. The van der Waals surface area contributed by atoms with E-state index >= 15 is 0 Å². The van der Waals surface area contributed by atoms with Gasteiger partial charge < -0.3 is 0 Å². The molecule has 0 aromatic carbocycles. The molecule has 98 valence electrons. The van der Waals surface area contributed by atoms with E-state index in [9.17, 15) is 8.42 Å². The Morgan fingerprint density at radius 1 is 1.61 bits per heavy atom. The van der Waals surface area contributed by atoms with Gasteiger partial charge in [-0.15, -0.1) is 0 Å². The fourth-order valence-electron chi connectivity index (χ4n) is 1.28. The van der Waals surface area contributed by atoms with Gasteiger partial charge in [0, 0.05) is 18.0 Å². The Kier molecular flexibility index (Phi) is 5.59. The molecule has 0 amide bonds. The van der Waals surface area contributed by atoms with Crippen LogP contribution in [0.1, 0.15) is 19.0 Å². The lowest BCUT2D eigenvalue weighted by Gasteiger charge is -2.10. The number of pyridine rings is 1. The van der Waals surface area contributed by atoms with Crippen LogP contribution in [0.4, 0.5) is 0 Å². The number of nitrogens with zero attached hydrogens (tertiary/aromatic N) is 2. The molecular formula is C11H15N3O2S2. The molecule has 1 unspecified atom stereocenters. The third kappa shape index (κ3) is 3.98. The highest BCUT2D eigenvalue weighted by molar-refractivity contribution is 7.99. The SMILES string of the molecule is CSC(C)CCNS(=O)(=O)c1cccnc1C#N. The zero-order valence-electron chi connectivity index (χ0n) is 10.3. The van der Waals surface area contributed by atoms with Crippen LogP contribution in [0, 0.1) is 11.3 Å². The second-order valence-corrected chi connectivity index (χ2v) is 6.71. The van der Waals surface area contributed by atoms with Crippen molar-refractivity contribution in [2.24, 2.45) is 0 Å². The first-order valence-corrected chi connectivity index (χ1v) is 8.16. The standard InChI is InChI=1S/C11H15N3O2S2/c1-9(17-2)5-7-14-18(15,16)11-4-3-6-13-10(11)8-12/h3-4,6,9,14H,5,7H2,1-2H3. The smallest absolute Gasteiger partial charge is 0.243 e. The summed E-state index contributed by atoms with van der Waals surface area (Å²) in [5.74, 6) is 0. The Hall–Kier alpha value is -1.10. The van der Waals surface area contributed by atoms with E-state index in [2.05, 4.69) is 9.71 Å². The molecule has 0 aliphatic heterocycles. The van der Waals surface area contributed by atoms with Crippen molar-refractivity contribution >= 4 is 21.8 Å². The fraction of sp³-hybridized carbons (Fsp3) is 0.455. The van der Waals surface area contributed by atoms with E-state index in [1.807, 2.05) is 13.2 Å². The molecule has 5 nitrogen and oxygen atoms in total. The van der Waals surface area contributed by atoms with Crippen LogP contribution in [0.2, 0.25) is 0 Å². The Bertz CT molecular complexity index is 537. The van der Waals surface area contributed by atoms with E-state index in [0.717, 1.165) is 6.42 Å². The summed E-state index contributed by atoms with van der Waals surface area (Å²) in [7, 11) is -3.65. The van der Waals surface area contributed by atoms with Crippen LogP contribution >= 0.6 is 11.8 Å². The maximum Gasteiger partial charge on any atom is 0.243 e. The Balaban J connectivity index is 2.78. The molecule has 0 fully saturated rings. The van der Waals surface area contributed by atoms with Crippen molar-refractivity contribution in [3.63, 3.8) is 0 Å². The van der Waals surface area contributed by atoms with Gasteiger partial charge in [0.25, 0.3) is 0 Å². The Labute approximate surface area is 112 Å². The van der Waals surface area contributed by atoms with E-state index in [1.165, 1.54) is 18.3 Å². The molecule has 1 aromatic heterocycles. The van der Waals surface area contributed by atoms with Crippen molar-refractivity contribution in [3.8, 4) is 6.07 Å². The summed E-state index contributed by atoms with van der Waals surface area (Å²) < 4.78 is 26.4. The maximum absolute atomic E-state index is 12.0. The largest absolute Gasteiger partial charge is 0.244 e. The summed E-state index contributed by atoms with van der Waals surface area (Å²) in [6.45, 7) is 2.38. The van der Waals surface area contributed by atoms with Gasteiger partial charge in [0.2, 0.25) is 10.0 Å². The van der Waals surface area contributed by atoms with Crippen LogP contribution in [-0.2, 0) is 10.0 Å². The van der Waals surface area contributed by atoms with E-state index < -0.39 is 10.0 Å². The number of rotatable bonds is 6. The lowest BCUT2D eigenvalue weighted by Crippen LogP contribution is -2.27. The molecule has 1 rings (SSSR count). The lowest BCUT2D eigenvalue weighted by atomic mass is 10.3. The zero-order chi connectivity index (χ0) is 13.6. The predicted molar refractivity (Wildman–Crippen MR) is 71.7 cm³/mol. The summed E-state index contributed by atoms with van der Waals surface area (Å²) >= 11 is 1.68. The van der Waals surface area contributed by atoms with Gasteiger partial charge in [-0.25, -0.2) is 18.1 Å². The Morgan fingerprint density at radius 2 is 2.33 bits per heavy atom. The van der Waals surface area contributed by atoms with Crippen molar-refractivity contribution in [2.75, 3.05) is 12.8 Å². The van der Waals surface area contributed by atoms with Crippen LogP contribution in [0.15, 0.2) is 23.2 Å². The van der Waals surface area contributed by atoms with Crippen molar-refractivity contribution in [1.82, 2.24) is 9.71 Å². The van der Waals surface area contributed by atoms with Crippen molar-refractivity contribution < 1.29 is 8.42 Å². The minimum absolute atomic E-state index is 0.0655. The number of sulfonamides is 1. The first kappa shape index (κ1) is 15.0. The molecular weight excluding hydrogens is 270 g/mol. The third-order valence-electron chi connectivity index (χ3n) is 2.41. The molecule has 0 bridgehead atoms. The number of aromatic nitrogens is 1. The van der Waals surface area contributed by atoms with Crippen molar-refractivity contribution in [1.29, 1.82) is 5.26 Å². The average molecular weight is 285 g/mol. The van der Waals surface area contributed by atoms with Crippen LogP contribution < -0.4 is 4.72 Å². The van der Waals surface area contributed by atoms with E-state index in [0.29, 0.717) is 11.8 Å². The number of thioether (sulfide) groups is 1. The van der Waals surface area contributed by atoms with Gasteiger partial charge in [-0.3, -0.25) is 0 Å². The van der Waals surface area contributed by atoms with E-state index in [1.54, 1.807) is 17.8 Å². The number of hydrogen-bond donors (Lipinski definition) is 1. The zero-order valence-corrected chi connectivity index (χ0v) is 11.9. The summed E-state index contributed by atoms with van der Waals surface area (Å²) in [6.07, 6.45) is 4.12. The predicted octanol–water partition coefficient (Wildman–Crippen LogP) is 1.37. The molecule has 1 heterocycles. The highest BCUT2D eigenvalue weighted by atomic mass is 32.2. The van der Waals surface area contributed by atoms with Gasteiger partial charge in [0.15, 0.2) is 5.69 Å². The van der Waals surface area contributed by atoms with Gasteiger partial charge in [0.1, 0.15) is 11.0 Å². The first-order chi connectivity index (χ1) is 8.51. The monoisotopic (exact) mass is 285 g/mol. The quantitative estimate of drug-likeness (QED) is 0.853. The minimum Gasteiger partial charge on any atom is -0.244 e. The molecule has 0 saturated carbocycles. The number of hydrogen-bond acceptors (Lipinski definition) is 5. The summed E-state index contributed by atoms with van der Waals surface area (Å²) in [5.41, 5.74) is -0.0806. The van der Waals surface area contributed by atoms with Crippen LogP contribution in [0.3, 0.4) is 0 Å². The number of nitriles is 1. The van der Waals surface area contributed by atoms with Gasteiger partial charge in [0.05, 0.1) is 0 Å². The normalized spacial score (nSPS) is 12.9. The summed E-state index contributed by atoms with van der Waals surface area (Å²) in [5, 5.41) is 9.21. The van der Waals surface area contributed by atoms with Crippen molar-refractivity contribution in [2.45, 2.75) is 23.5 Å². The van der Waals surface area contributed by atoms with Crippen molar-refractivity contribution in [3.05, 3.63) is 24.0 Å². The van der Waals surface area contributed by atoms with E-state index in [-0.39, 0.29) is 10.6 Å². The van der Waals surface area contributed by atoms with Gasteiger partial charge in [-0.1, -0.05) is 6.92 Å². The molecule has 0 spiro atoms. The van der Waals surface area contributed by atoms with E-state index in [4.69, 9.17) is 5.26 Å².